The standard InChI is InChI=1S/C17H22BrNS/c1-3-5-13-6-8-14(9-7-13)16(19-11-4-2)17-15(18)10-12-20-17/h6-10,12,16,19H,3-5,11H2,1-2H3. The van der Waals surface area contributed by atoms with Crippen molar-refractivity contribution in [3.05, 3.63) is 56.2 Å². The van der Waals surface area contributed by atoms with Crippen molar-refractivity contribution < 1.29 is 0 Å². The summed E-state index contributed by atoms with van der Waals surface area (Å²) in [4.78, 5) is 1.36. The van der Waals surface area contributed by atoms with E-state index in [9.17, 15) is 0 Å². The highest BCUT2D eigenvalue weighted by atomic mass is 79.9. The van der Waals surface area contributed by atoms with Crippen molar-refractivity contribution in [1.29, 1.82) is 0 Å². The van der Waals surface area contributed by atoms with E-state index in [4.69, 9.17) is 0 Å². The van der Waals surface area contributed by atoms with Crippen molar-refractivity contribution in [2.75, 3.05) is 6.54 Å². The molecule has 2 aromatic rings. The average Bonchev–Trinajstić information content (AvgIpc) is 2.88. The number of rotatable bonds is 7. The molecule has 1 heterocycles. The molecule has 1 aromatic heterocycles. The van der Waals surface area contributed by atoms with Crippen LogP contribution in [-0.4, -0.2) is 6.54 Å². The summed E-state index contributed by atoms with van der Waals surface area (Å²) in [5.41, 5.74) is 2.78. The number of halogens is 1. The van der Waals surface area contributed by atoms with Gasteiger partial charge >= 0.3 is 0 Å². The van der Waals surface area contributed by atoms with Crippen LogP contribution in [0.15, 0.2) is 40.2 Å². The minimum Gasteiger partial charge on any atom is -0.306 e. The molecule has 0 aliphatic carbocycles. The fraction of sp³-hybridized carbons (Fsp3) is 0.412. The Morgan fingerprint density at radius 2 is 1.85 bits per heavy atom. The molecular weight excluding hydrogens is 330 g/mol. The Hall–Kier alpha value is -0.640. The molecule has 1 atom stereocenters. The second-order valence-electron chi connectivity index (χ2n) is 5.01. The lowest BCUT2D eigenvalue weighted by molar-refractivity contribution is 0.604. The van der Waals surface area contributed by atoms with E-state index in [-0.39, 0.29) is 0 Å². The molecule has 1 N–H and O–H groups in total. The minimum atomic E-state index is 0.292. The third kappa shape index (κ3) is 3.94. The first-order valence-electron chi connectivity index (χ1n) is 7.31. The molecule has 0 radical (unpaired) electrons. The molecule has 0 saturated heterocycles. The second-order valence-corrected chi connectivity index (χ2v) is 6.81. The van der Waals surface area contributed by atoms with Crippen LogP contribution in [0.3, 0.4) is 0 Å². The van der Waals surface area contributed by atoms with Crippen LogP contribution in [-0.2, 0) is 6.42 Å². The molecule has 0 amide bonds. The molecule has 2 rings (SSSR count). The third-order valence-corrected chi connectivity index (χ3v) is 5.29. The Morgan fingerprint density at radius 3 is 2.40 bits per heavy atom. The first kappa shape index (κ1) is 15.7. The fourth-order valence-corrected chi connectivity index (χ4v) is 4.03. The third-order valence-electron chi connectivity index (χ3n) is 3.36. The summed E-state index contributed by atoms with van der Waals surface area (Å²) in [6.45, 7) is 5.46. The molecule has 0 fully saturated rings. The summed E-state index contributed by atoms with van der Waals surface area (Å²) in [6, 6.07) is 11.5. The van der Waals surface area contributed by atoms with Crippen LogP contribution in [0.2, 0.25) is 0 Å². The van der Waals surface area contributed by atoms with Gasteiger partial charge in [-0.15, -0.1) is 11.3 Å². The van der Waals surface area contributed by atoms with E-state index in [1.54, 1.807) is 0 Å². The van der Waals surface area contributed by atoms with Crippen LogP contribution in [0.4, 0.5) is 0 Å². The Bertz CT molecular complexity index is 518. The van der Waals surface area contributed by atoms with Gasteiger partial charge in [-0.1, -0.05) is 44.5 Å². The van der Waals surface area contributed by atoms with Crippen LogP contribution < -0.4 is 5.32 Å². The minimum absolute atomic E-state index is 0.292. The Labute approximate surface area is 134 Å². The molecule has 0 bridgehead atoms. The zero-order chi connectivity index (χ0) is 14.4. The van der Waals surface area contributed by atoms with Gasteiger partial charge < -0.3 is 5.32 Å². The molecule has 0 aliphatic rings. The van der Waals surface area contributed by atoms with Crippen LogP contribution in [0.25, 0.3) is 0 Å². The van der Waals surface area contributed by atoms with Gasteiger partial charge in [0.25, 0.3) is 0 Å². The van der Waals surface area contributed by atoms with E-state index >= 15 is 0 Å². The van der Waals surface area contributed by atoms with Crippen LogP contribution >= 0.6 is 27.3 Å². The normalized spacial score (nSPS) is 12.6. The van der Waals surface area contributed by atoms with E-state index < -0.39 is 0 Å². The zero-order valence-electron chi connectivity index (χ0n) is 12.2. The maximum atomic E-state index is 3.67. The number of aryl methyl sites for hydroxylation is 1. The summed E-state index contributed by atoms with van der Waals surface area (Å²) in [7, 11) is 0. The predicted octanol–water partition coefficient (Wildman–Crippen LogP) is 5.55. The van der Waals surface area contributed by atoms with Crippen LogP contribution in [0, 0.1) is 0 Å². The smallest absolute Gasteiger partial charge is 0.0682 e. The molecule has 0 aliphatic heterocycles. The molecule has 3 heteroatoms. The first-order chi connectivity index (χ1) is 9.76. The summed E-state index contributed by atoms with van der Waals surface area (Å²) in [6.07, 6.45) is 3.51. The lowest BCUT2D eigenvalue weighted by Crippen LogP contribution is -2.22. The van der Waals surface area contributed by atoms with Gasteiger partial charge in [-0.2, -0.15) is 0 Å². The molecule has 0 spiro atoms. The average molecular weight is 352 g/mol. The predicted molar refractivity (Wildman–Crippen MR) is 92.6 cm³/mol. The second kappa shape index (κ2) is 7.96. The molecule has 1 aromatic carbocycles. The Morgan fingerprint density at radius 1 is 1.10 bits per heavy atom. The summed E-state index contributed by atoms with van der Waals surface area (Å²) in [5, 5.41) is 5.81. The lowest BCUT2D eigenvalue weighted by atomic mass is 10.0. The van der Waals surface area contributed by atoms with E-state index in [1.165, 1.54) is 26.9 Å². The molecule has 0 saturated carbocycles. The van der Waals surface area contributed by atoms with Crippen LogP contribution in [0.5, 0.6) is 0 Å². The maximum absolute atomic E-state index is 3.67. The maximum Gasteiger partial charge on any atom is 0.0682 e. The quantitative estimate of drug-likeness (QED) is 0.689. The molecule has 1 nitrogen and oxygen atoms in total. The Kier molecular flexibility index (Phi) is 6.27. The van der Waals surface area contributed by atoms with Crippen molar-refractivity contribution in [3.8, 4) is 0 Å². The van der Waals surface area contributed by atoms with E-state index in [0.717, 1.165) is 19.4 Å². The molecule has 20 heavy (non-hydrogen) atoms. The number of benzene rings is 1. The van der Waals surface area contributed by atoms with Gasteiger partial charge in [-0.05, 0) is 57.9 Å². The topological polar surface area (TPSA) is 12.0 Å². The van der Waals surface area contributed by atoms with E-state index in [1.807, 2.05) is 11.3 Å². The monoisotopic (exact) mass is 351 g/mol. The highest BCUT2D eigenvalue weighted by molar-refractivity contribution is 9.10. The van der Waals surface area contributed by atoms with Crippen molar-refractivity contribution in [3.63, 3.8) is 0 Å². The van der Waals surface area contributed by atoms with E-state index in [2.05, 4.69) is 70.8 Å². The van der Waals surface area contributed by atoms with Gasteiger partial charge in [0.05, 0.1) is 6.04 Å². The van der Waals surface area contributed by atoms with Crippen molar-refractivity contribution >= 4 is 27.3 Å². The van der Waals surface area contributed by atoms with Gasteiger partial charge in [0.1, 0.15) is 0 Å². The highest BCUT2D eigenvalue weighted by Gasteiger charge is 2.17. The molecule has 1 unspecified atom stereocenters. The van der Waals surface area contributed by atoms with Gasteiger partial charge in [0, 0.05) is 9.35 Å². The fourth-order valence-electron chi connectivity index (χ4n) is 2.33. The highest BCUT2D eigenvalue weighted by Crippen LogP contribution is 2.33. The summed E-state index contributed by atoms with van der Waals surface area (Å²) >= 11 is 5.47. The van der Waals surface area contributed by atoms with Crippen molar-refractivity contribution in [1.82, 2.24) is 5.32 Å². The summed E-state index contributed by atoms with van der Waals surface area (Å²) in [5.74, 6) is 0. The van der Waals surface area contributed by atoms with Gasteiger partial charge in [-0.25, -0.2) is 0 Å². The van der Waals surface area contributed by atoms with E-state index in [0.29, 0.717) is 6.04 Å². The number of hydrogen-bond donors (Lipinski definition) is 1. The largest absolute Gasteiger partial charge is 0.306 e. The van der Waals surface area contributed by atoms with Gasteiger partial charge in [0.15, 0.2) is 0 Å². The van der Waals surface area contributed by atoms with Gasteiger partial charge in [0.2, 0.25) is 0 Å². The number of hydrogen-bond acceptors (Lipinski definition) is 2. The lowest BCUT2D eigenvalue weighted by Gasteiger charge is -2.19. The zero-order valence-corrected chi connectivity index (χ0v) is 14.6. The first-order valence-corrected chi connectivity index (χ1v) is 8.98. The Balaban J connectivity index is 2.24. The summed E-state index contributed by atoms with van der Waals surface area (Å²) < 4.78 is 1.20. The molecular formula is C17H22BrNS. The van der Waals surface area contributed by atoms with Crippen molar-refractivity contribution in [2.45, 2.75) is 39.2 Å². The van der Waals surface area contributed by atoms with Crippen molar-refractivity contribution in [2.24, 2.45) is 0 Å². The van der Waals surface area contributed by atoms with Gasteiger partial charge in [-0.3, -0.25) is 0 Å². The van der Waals surface area contributed by atoms with Crippen LogP contribution in [0.1, 0.15) is 48.7 Å². The molecule has 108 valence electrons. The number of thiophene rings is 1. The SMILES string of the molecule is CCCNC(c1ccc(CCC)cc1)c1sccc1Br. The number of nitrogens with one attached hydrogen (secondary N) is 1.